The van der Waals surface area contributed by atoms with E-state index < -0.39 is 5.97 Å². The lowest BCUT2D eigenvalue weighted by Gasteiger charge is -2.12. The molecule has 0 atom stereocenters. The Morgan fingerprint density at radius 2 is 1.82 bits per heavy atom. The van der Waals surface area contributed by atoms with Crippen LogP contribution >= 0.6 is 0 Å². The van der Waals surface area contributed by atoms with Crippen molar-refractivity contribution in [3.8, 4) is 11.5 Å². The normalized spacial score (nSPS) is 10.2. The van der Waals surface area contributed by atoms with Crippen LogP contribution in [0.4, 0.5) is 0 Å². The number of hydrogen-bond acceptors (Lipinski definition) is 5. The molecule has 28 heavy (non-hydrogen) atoms. The lowest BCUT2D eigenvalue weighted by molar-refractivity contribution is -0.124. The fourth-order valence-electron chi connectivity index (χ4n) is 2.50. The lowest BCUT2D eigenvalue weighted by atomic mass is 10.1. The summed E-state index contributed by atoms with van der Waals surface area (Å²) in [7, 11) is 1.51. The molecule has 0 aliphatic heterocycles. The standard InChI is InChI=1S/C22H27NO5/c1-3-4-14-27-19-11-10-18(15-20(19)26-2)22(25)28-16-21(24)23-13-12-17-8-6-5-7-9-17/h5-11,15H,3-4,12-14,16H2,1-2H3,(H,23,24). The van der Waals surface area contributed by atoms with E-state index in [1.165, 1.54) is 7.11 Å². The van der Waals surface area contributed by atoms with Gasteiger partial charge >= 0.3 is 5.97 Å². The predicted molar refractivity (Wildman–Crippen MR) is 107 cm³/mol. The van der Waals surface area contributed by atoms with E-state index in [1.54, 1.807) is 18.2 Å². The van der Waals surface area contributed by atoms with Crippen LogP contribution in [0.25, 0.3) is 0 Å². The van der Waals surface area contributed by atoms with Crippen LogP contribution in [-0.2, 0) is 16.0 Å². The van der Waals surface area contributed by atoms with Gasteiger partial charge in [0.15, 0.2) is 18.1 Å². The first-order valence-electron chi connectivity index (χ1n) is 9.42. The molecular weight excluding hydrogens is 358 g/mol. The van der Waals surface area contributed by atoms with Crippen molar-refractivity contribution in [3.63, 3.8) is 0 Å². The van der Waals surface area contributed by atoms with Gasteiger partial charge in [0.05, 0.1) is 19.3 Å². The van der Waals surface area contributed by atoms with Gasteiger partial charge in [0.1, 0.15) is 0 Å². The molecule has 0 aliphatic carbocycles. The predicted octanol–water partition coefficient (Wildman–Crippen LogP) is 3.39. The minimum absolute atomic E-state index is 0.303. The molecule has 0 radical (unpaired) electrons. The molecule has 1 N–H and O–H groups in total. The molecule has 1 amide bonds. The van der Waals surface area contributed by atoms with Gasteiger partial charge in [0, 0.05) is 6.54 Å². The van der Waals surface area contributed by atoms with Crippen molar-refractivity contribution in [1.82, 2.24) is 5.32 Å². The zero-order valence-corrected chi connectivity index (χ0v) is 16.4. The number of methoxy groups -OCH3 is 1. The highest BCUT2D eigenvalue weighted by Gasteiger charge is 2.14. The van der Waals surface area contributed by atoms with E-state index in [9.17, 15) is 9.59 Å². The molecule has 0 bridgehead atoms. The molecule has 2 aromatic carbocycles. The molecule has 0 aromatic heterocycles. The third-order valence-electron chi connectivity index (χ3n) is 4.07. The quantitative estimate of drug-likeness (QED) is 0.474. The first kappa shape index (κ1) is 21.3. The average Bonchev–Trinajstić information content (AvgIpc) is 2.73. The zero-order valence-electron chi connectivity index (χ0n) is 16.4. The number of ether oxygens (including phenoxy) is 3. The maximum atomic E-state index is 12.2. The van der Waals surface area contributed by atoms with Crippen LogP contribution < -0.4 is 14.8 Å². The van der Waals surface area contributed by atoms with Crippen molar-refractivity contribution in [1.29, 1.82) is 0 Å². The van der Waals surface area contributed by atoms with E-state index >= 15 is 0 Å². The second-order valence-electron chi connectivity index (χ2n) is 6.23. The van der Waals surface area contributed by atoms with Crippen molar-refractivity contribution < 1.29 is 23.8 Å². The van der Waals surface area contributed by atoms with Gasteiger partial charge < -0.3 is 19.5 Å². The van der Waals surface area contributed by atoms with Gasteiger partial charge in [0.2, 0.25) is 0 Å². The summed E-state index contributed by atoms with van der Waals surface area (Å²) in [6, 6.07) is 14.7. The zero-order chi connectivity index (χ0) is 20.2. The first-order valence-corrected chi connectivity index (χ1v) is 9.42. The van der Waals surface area contributed by atoms with Gasteiger partial charge in [-0.15, -0.1) is 0 Å². The molecule has 150 valence electrons. The summed E-state index contributed by atoms with van der Waals surface area (Å²) in [5, 5.41) is 2.74. The summed E-state index contributed by atoms with van der Waals surface area (Å²) in [6.07, 6.45) is 2.68. The summed E-state index contributed by atoms with van der Waals surface area (Å²) in [5.41, 5.74) is 1.44. The van der Waals surface area contributed by atoms with Crippen LogP contribution in [0, 0.1) is 0 Å². The molecule has 0 saturated carbocycles. The van der Waals surface area contributed by atoms with Crippen molar-refractivity contribution in [2.24, 2.45) is 0 Å². The summed E-state index contributed by atoms with van der Waals surface area (Å²) < 4.78 is 16.0. The number of esters is 1. The smallest absolute Gasteiger partial charge is 0.338 e. The molecule has 0 spiro atoms. The van der Waals surface area contributed by atoms with E-state index in [-0.39, 0.29) is 12.5 Å². The van der Waals surface area contributed by atoms with Crippen molar-refractivity contribution in [2.75, 3.05) is 26.9 Å². The number of hydrogen-bond donors (Lipinski definition) is 1. The lowest BCUT2D eigenvalue weighted by Crippen LogP contribution is -2.30. The molecule has 0 aliphatic rings. The summed E-state index contributed by atoms with van der Waals surface area (Å²) in [4.78, 5) is 24.0. The third-order valence-corrected chi connectivity index (χ3v) is 4.07. The maximum Gasteiger partial charge on any atom is 0.338 e. The van der Waals surface area contributed by atoms with Crippen molar-refractivity contribution in [2.45, 2.75) is 26.2 Å². The highest BCUT2D eigenvalue weighted by molar-refractivity contribution is 5.92. The number of benzene rings is 2. The molecule has 0 fully saturated rings. The number of rotatable bonds is 11. The van der Waals surface area contributed by atoms with Crippen LogP contribution in [-0.4, -0.2) is 38.7 Å². The van der Waals surface area contributed by atoms with Gasteiger partial charge in [-0.3, -0.25) is 4.79 Å². The Morgan fingerprint density at radius 3 is 2.54 bits per heavy atom. The summed E-state index contributed by atoms with van der Waals surface area (Å²) in [5.74, 6) is 0.108. The Bertz CT molecular complexity index is 761. The van der Waals surface area contributed by atoms with Gasteiger partial charge in [-0.2, -0.15) is 0 Å². The molecule has 0 saturated heterocycles. The topological polar surface area (TPSA) is 73.9 Å². The monoisotopic (exact) mass is 385 g/mol. The van der Waals surface area contributed by atoms with E-state index in [0.29, 0.717) is 30.2 Å². The number of carbonyl (C=O) groups is 2. The van der Waals surface area contributed by atoms with Crippen LogP contribution in [0.2, 0.25) is 0 Å². The maximum absolute atomic E-state index is 12.2. The molecule has 0 heterocycles. The van der Waals surface area contributed by atoms with Crippen LogP contribution in [0.1, 0.15) is 35.7 Å². The Hall–Kier alpha value is -3.02. The van der Waals surface area contributed by atoms with Crippen LogP contribution in [0.15, 0.2) is 48.5 Å². The van der Waals surface area contributed by atoms with Gasteiger partial charge in [-0.05, 0) is 36.6 Å². The number of nitrogens with one attached hydrogen (secondary N) is 1. The SMILES string of the molecule is CCCCOc1ccc(C(=O)OCC(=O)NCCc2ccccc2)cc1OC. The first-order chi connectivity index (χ1) is 13.6. The number of carbonyl (C=O) groups excluding carboxylic acids is 2. The second kappa shape index (κ2) is 11.6. The van der Waals surface area contributed by atoms with Crippen LogP contribution in [0.5, 0.6) is 11.5 Å². The molecule has 2 aromatic rings. The van der Waals surface area contributed by atoms with Crippen LogP contribution in [0.3, 0.4) is 0 Å². The van der Waals surface area contributed by atoms with E-state index in [2.05, 4.69) is 12.2 Å². The third kappa shape index (κ3) is 6.95. The van der Waals surface area contributed by atoms with Gasteiger partial charge in [-0.1, -0.05) is 43.7 Å². The largest absolute Gasteiger partial charge is 0.493 e. The Kier molecular flexibility index (Phi) is 8.85. The summed E-state index contributed by atoms with van der Waals surface area (Å²) >= 11 is 0. The highest BCUT2D eigenvalue weighted by atomic mass is 16.5. The van der Waals surface area contributed by atoms with Gasteiger partial charge in [-0.25, -0.2) is 4.79 Å². The molecule has 2 rings (SSSR count). The molecule has 0 unspecified atom stereocenters. The van der Waals surface area contributed by atoms with Gasteiger partial charge in [0.25, 0.3) is 5.91 Å². The van der Waals surface area contributed by atoms with E-state index in [1.807, 2.05) is 30.3 Å². The van der Waals surface area contributed by atoms with Crippen molar-refractivity contribution in [3.05, 3.63) is 59.7 Å². The molecule has 6 nitrogen and oxygen atoms in total. The number of amides is 1. The minimum Gasteiger partial charge on any atom is -0.493 e. The fraction of sp³-hybridized carbons (Fsp3) is 0.364. The fourth-order valence-corrected chi connectivity index (χ4v) is 2.50. The Labute approximate surface area is 165 Å². The minimum atomic E-state index is -0.586. The average molecular weight is 385 g/mol. The molecule has 6 heteroatoms. The molecular formula is C22H27NO5. The Morgan fingerprint density at radius 1 is 1.04 bits per heavy atom. The highest BCUT2D eigenvalue weighted by Crippen LogP contribution is 2.28. The Balaban J connectivity index is 1.79. The number of unbranched alkanes of at least 4 members (excludes halogenated alkanes) is 1. The van der Waals surface area contributed by atoms with E-state index in [0.717, 1.165) is 24.8 Å². The van der Waals surface area contributed by atoms with Crippen molar-refractivity contribution >= 4 is 11.9 Å². The summed E-state index contributed by atoms with van der Waals surface area (Å²) in [6.45, 7) is 2.82. The van der Waals surface area contributed by atoms with E-state index in [4.69, 9.17) is 14.2 Å². The second-order valence-corrected chi connectivity index (χ2v) is 6.23.